The lowest BCUT2D eigenvalue weighted by molar-refractivity contribution is 0.245. The lowest BCUT2D eigenvalue weighted by Gasteiger charge is -2.22. The summed E-state index contributed by atoms with van der Waals surface area (Å²) in [4.78, 5) is 19.9. The van der Waals surface area contributed by atoms with Gasteiger partial charge in [-0.15, -0.1) is 0 Å². The van der Waals surface area contributed by atoms with E-state index in [-0.39, 0.29) is 0 Å². The van der Waals surface area contributed by atoms with Crippen LogP contribution in [-0.2, 0) is 19.6 Å². The molecule has 3 rings (SSSR count). The zero-order valence-corrected chi connectivity index (χ0v) is 15.5. The second kappa shape index (κ2) is 9.20. The van der Waals surface area contributed by atoms with Gasteiger partial charge in [0.15, 0.2) is 0 Å². The van der Waals surface area contributed by atoms with Crippen LogP contribution in [0.5, 0.6) is 0 Å². The van der Waals surface area contributed by atoms with Gasteiger partial charge in [-0.05, 0) is 24.1 Å². The summed E-state index contributed by atoms with van der Waals surface area (Å²) in [6.07, 6.45) is 12.4. The first-order chi connectivity index (χ1) is 12.7. The van der Waals surface area contributed by atoms with E-state index in [1.165, 1.54) is 5.56 Å². The number of imidazole rings is 1. The molecule has 0 saturated carbocycles. The fourth-order valence-electron chi connectivity index (χ4n) is 2.87. The zero-order chi connectivity index (χ0) is 18.2. The molecule has 0 radical (unpaired) electrons. The Hall–Kier alpha value is -2.60. The Balaban J connectivity index is 1.66. The second-order valence-electron chi connectivity index (χ2n) is 6.79. The van der Waals surface area contributed by atoms with Crippen LogP contribution in [-0.4, -0.2) is 35.9 Å². The van der Waals surface area contributed by atoms with E-state index >= 15 is 0 Å². The van der Waals surface area contributed by atoms with E-state index in [0.29, 0.717) is 5.92 Å². The fourth-order valence-corrected chi connectivity index (χ4v) is 2.87. The van der Waals surface area contributed by atoms with Crippen LogP contribution in [0.3, 0.4) is 0 Å². The van der Waals surface area contributed by atoms with Gasteiger partial charge in [0.05, 0.1) is 12.0 Å². The maximum absolute atomic E-state index is 4.73. The number of pyridine rings is 1. The number of hydrogen-bond acceptors (Lipinski definition) is 5. The molecule has 0 unspecified atom stereocenters. The molecule has 0 saturated heterocycles. The number of aromatic nitrogens is 5. The number of nitrogens with zero attached hydrogens (tertiary/aromatic N) is 6. The van der Waals surface area contributed by atoms with Crippen molar-refractivity contribution in [2.24, 2.45) is 0 Å². The number of aryl methyl sites for hydroxylation is 1. The summed E-state index contributed by atoms with van der Waals surface area (Å²) >= 11 is 0. The summed E-state index contributed by atoms with van der Waals surface area (Å²) in [6.45, 7) is 7.85. The van der Waals surface area contributed by atoms with Crippen molar-refractivity contribution in [2.75, 3.05) is 6.54 Å². The van der Waals surface area contributed by atoms with Crippen molar-refractivity contribution < 1.29 is 0 Å². The molecule has 0 spiro atoms. The molecule has 0 fully saturated rings. The zero-order valence-electron chi connectivity index (χ0n) is 15.5. The topological polar surface area (TPSA) is 59.7 Å². The minimum absolute atomic E-state index is 0.336. The highest BCUT2D eigenvalue weighted by molar-refractivity contribution is 5.09. The summed E-state index contributed by atoms with van der Waals surface area (Å²) < 4.78 is 2.11. The normalized spacial score (nSPS) is 11.4. The SMILES string of the molecule is CC(C)c1nccc(CN(CCCn2ccnc2)Cc2cccnc2)n1. The van der Waals surface area contributed by atoms with Crippen molar-refractivity contribution in [3.8, 4) is 0 Å². The first-order valence-electron chi connectivity index (χ1n) is 9.09. The van der Waals surface area contributed by atoms with E-state index in [2.05, 4.69) is 44.3 Å². The van der Waals surface area contributed by atoms with E-state index in [0.717, 1.165) is 44.1 Å². The van der Waals surface area contributed by atoms with Gasteiger partial charge in [-0.3, -0.25) is 9.88 Å². The third-order valence-electron chi connectivity index (χ3n) is 4.21. The molecule has 0 aliphatic heterocycles. The highest BCUT2D eigenvalue weighted by atomic mass is 15.1. The Morgan fingerprint density at radius 2 is 2.00 bits per heavy atom. The van der Waals surface area contributed by atoms with Crippen molar-refractivity contribution in [3.05, 3.63) is 72.6 Å². The van der Waals surface area contributed by atoms with Gasteiger partial charge in [0.25, 0.3) is 0 Å². The average molecular weight is 350 g/mol. The molecule has 26 heavy (non-hydrogen) atoms. The van der Waals surface area contributed by atoms with Crippen LogP contribution in [0.4, 0.5) is 0 Å². The molecule has 0 N–H and O–H groups in total. The molecule has 6 heteroatoms. The lowest BCUT2D eigenvalue weighted by Crippen LogP contribution is -2.25. The predicted molar refractivity (Wildman–Crippen MR) is 101 cm³/mol. The summed E-state index contributed by atoms with van der Waals surface area (Å²) in [7, 11) is 0. The second-order valence-corrected chi connectivity index (χ2v) is 6.79. The maximum atomic E-state index is 4.73. The average Bonchev–Trinajstić information content (AvgIpc) is 3.16. The van der Waals surface area contributed by atoms with Crippen LogP contribution in [0.1, 0.15) is 43.3 Å². The smallest absolute Gasteiger partial charge is 0.131 e. The van der Waals surface area contributed by atoms with Crippen LogP contribution < -0.4 is 0 Å². The quantitative estimate of drug-likeness (QED) is 0.593. The fraction of sp³-hybridized carbons (Fsp3) is 0.400. The first-order valence-corrected chi connectivity index (χ1v) is 9.09. The van der Waals surface area contributed by atoms with Crippen molar-refractivity contribution in [1.29, 1.82) is 0 Å². The van der Waals surface area contributed by atoms with Crippen LogP contribution in [0.2, 0.25) is 0 Å². The molecule has 0 aromatic carbocycles. The summed E-state index contributed by atoms with van der Waals surface area (Å²) in [5.74, 6) is 1.24. The molecule has 0 amide bonds. The third kappa shape index (κ3) is 5.46. The number of hydrogen-bond donors (Lipinski definition) is 0. The molecule has 6 nitrogen and oxygen atoms in total. The summed E-state index contributed by atoms with van der Waals surface area (Å²) in [5, 5.41) is 0. The molecule has 3 aromatic heterocycles. The van der Waals surface area contributed by atoms with Gasteiger partial charge in [0.2, 0.25) is 0 Å². The Labute approximate surface area is 155 Å². The first kappa shape index (κ1) is 18.2. The van der Waals surface area contributed by atoms with Gasteiger partial charge in [-0.1, -0.05) is 19.9 Å². The highest BCUT2D eigenvalue weighted by Crippen LogP contribution is 2.12. The number of rotatable bonds is 9. The van der Waals surface area contributed by atoms with Crippen LogP contribution in [0.15, 0.2) is 55.5 Å². The molecule has 0 atom stereocenters. The van der Waals surface area contributed by atoms with Gasteiger partial charge in [-0.2, -0.15) is 0 Å². The predicted octanol–water partition coefficient (Wildman–Crippen LogP) is 3.28. The third-order valence-corrected chi connectivity index (χ3v) is 4.21. The Bertz CT molecular complexity index is 770. The summed E-state index contributed by atoms with van der Waals surface area (Å²) in [5.41, 5.74) is 2.28. The Morgan fingerprint density at radius 3 is 2.73 bits per heavy atom. The molecular formula is C20H26N6. The van der Waals surface area contributed by atoms with Gasteiger partial charge in [0.1, 0.15) is 5.82 Å². The van der Waals surface area contributed by atoms with Gasteiger partial charge in [0, 0.05) is 63.1 Å². The lowest BCUT2D eigenvalue weighted by atomic mass is 10.2. The molecule has 0 bridgehead atoms. The van der Waals surface area contributed by atoms with Gasteiger partial charge < -0.3 is 4.57 Å². The Morgan fingerprint density at radius 1 is 1.08 bits per heavy atom. The van der Waals surface area contributed by atoms with E-state index < -0.39 is 0 Å². The van der Waals surface area contributed by atoms with Crippen molar-refractivity contribution in [3.63, 3.8) is 0 Å². The van der Waals surface area contributed by atoms with E-state index in [9.17, 15) is 0 Å². The van der Waals surface area contributed by atoms with Gasteiger partial charge >= 0.3 is 0 Å². The van der Waals surface area contributed by atoms with E-state index in [1.54, 1.807) is 0 Å². The van der Waals surface area contributed by atoms with Crippen LogP contribution >= 0.6 is 0 Å². The minimum atomic E-state index is 0.336. The Kier molecular flexibility index (Phi) is 6.44. The van der Waals surface area contributed by atoms with Crippen molar-refractivity contribution in [2.45, 2.75) is 45.8 Å². The molecule has 0 aliphatic rings. The van der Waals surface area contributed by atoms with E-state index in [1.807, 2.05) is 49.4 Å². The molecule has 3 aromatic rings. The van der Waals surface area contributed by atoms with Crippen molar-refractivity contribution >= 4 is 0 Å². The molecule has 3 heterocycles. The molecule has 0 aliphatic carbocycles. The molecular weight excluding hydrogens is 324 g/mol. The largest absolute Gasteiger partial charge is 0.337 e. The standard InChI is InChI=1S/C20H26N6/c1-17(2)20-23-8-6-19(24-20)15-26(14-18-5-3-7-21-13-18)11-4-10-25-12-9-22-16-25/h3,5-9,12-13,16-17H,4,10-11,14-15H2,1-2H3. The summed E-state index contributed by atoms with van der Waals surface area (Å²) in [6, 6.07) is 6.12. The minimum Gasteiger partial charge on any atom is -0.337 e. The van der Waals surface area contributed by atoms with Crippen molar-refractivity contribution in [1.82, 2.24) is 29.4 Å². The maximum Gasteiger partial charge on any atom is 0.131 e. The van der Waals surface area contributed by atoms with Crippen LogP contribution in [0, 0.1) is 0 Å². The van der Waals surface area contributed by atoms with Crippen LogP contribution in [0.25, 0.3) is 0 Å². The highest BCUT2D eigenvalue weighted by Gasteiger charge is 2.10. The monoisotopic (exact) mass is 350 g/mol. The van der Waals surface area contributed by atoms with Gasteiger partial charge in [-0.25, -0.2) is 15.0 Å². The van der Waals surface area contributed by atoms with E-state index in [4.69, 9.17) is 4.98 Å². The molecule has 136 valence electrons.